The molecule has 0 bridgehead atoms. The van der Waals surface area contributed by atoms with E-state index in [9.17, 15) is 30.3 Å². The Bertz CT molecular complexity index is 678. The molecule has 13 heteroatoms. The lowest BCUT2D eigenvalue weighted by atomic mass is 9.90. The van der Waals surface area contributed by atoms with Gasteiger partial charge in [-0.15, -0.1) is 0 Å². The minimum atomic E-state index is -1.23. The minimum absolute atomic E-state index is 0. The van der Waals surface area contributed by atoms with Gasteiger partial charge >= 0.3 is 6.09 Å². The van der Waals surface area contributed by atoms with Gasteiger partial charge in [0.2, 0.25) is 0 Å². The Morgan fingerprint density at radius 1 is 0.917 bits per heavy atom. The van der Waals surface area contributed by atoms with Crippen molar-refractivity contribution in [3.63, 3.8) is 0 Å². The van der Waals surface area contributed by atoms with Crippen LogP contribution in [0.25, 0.3) is 0 Å². The Kier molecular flexibility index (Phi) is 11.7. The molecule has 36 heavy (non-hydrogen) atoms. The number of carbonyl (C=O) groups is 1. The number of carbonyl (C=O) groups excluding carboxylic acids is 1. The maximum absolute atomic E-state index is 12.1. The molecule has 13 nitrogen and oxygen atoms in total. The Hall–Kier alpha value is -1.13. The lowest BCUT2D eigenvalue weighted by molar-refractivity contribution is -0.148. The summed E-state index contributed by atoms with van der Waals surface area (Å²) in [6.07, 6.45) is -5.35. The van der Waals surface area contributed by atoms with Crippen LogP contribution in [0.4, 0.5) is 4.79 Å². The van der Waals surface area contributed by atoms with E-state index in [4.69, 9.17) is 20.1 Å². The SMILES string of the molecule is CC(C)(C)OC(=O)N1CCC(CN2C[C@H](O)[C@@H](O)[C@H](O)[C@H]2CO)CC1.OC[C@H]1NC[C@H](O)[C@@H](O)[C@@H]1O.[2HH]. The molecule has 9 N–H and O–H groups in total. The maximum atomic E-state index is 12.1. The number of rotatable bonds is 4. The molecule has 0 saturated carbocycles. The number of β-amino-alcohol motifs (C(OH)–C–C–N with tert-alkyl or cyclic N) is 2. The summed E-state index contributed by atoms with van der Waals surface area (Å²) in [5, 5.41) is 77.8. The summed E-state index contributed by atoms with van der Waals surface area (Å²) in [6, 6.07) is -1.12. The van der Waals surface area contributed by atoms with Crippen LogP contribution in [0, 0.1) is 5.92 Å². The predicted octanol–water partition coefficient (Wildman–Crippen LogP) is -3.33. The molecule has 0 aromatic heterocycles. The molecule has 1 amide bonds. The summed E-state index contributed by atoms with van der Waals surface area (Å²) >= 11 is 0. The summed E-state index contributed by atoms with van der Waals surface area (Å²) < 4.78 is 5.39. The average Bonchev–Trinajstić information content (AvgIpc) is 2.81. The van der Waals surface area contributed by atoms with E-state index in [0.717, 1.165) is 12.8 Å². The molecule has 0 unspecified atom stereocenters. The van der Waals surface area contributed by atoms with E-state index >= 15 is 0 Å². The highest BCUT2D eigenvalue weighted by Gasteiger charge is 2.42. The van der Waals surface area contributed by atoms with Crippen molar-refractivity contribution >= 4 is 6.09 Å². The van der Waals surface area contributed by atoms with Crippen LogP contribution in [-0.4, -0.2) is 157 Å². The van der Waals surface area contributed by atoms with E-state index in [1.807, 2.05) is 25.7 Å². The molecule has 3 saturated heterocycles. The number of hydrogen-bond donors (Lipinski definition) is 9. The second-order valence-electron chi connectivity index (χ2n) is 10.9. The van der Waals surface area contributed by atoms with Crippen molar-refractivity contribution in [2.45, 2.75) is 87.9 Å². The molecule has 3 aliphatic rings. The van der Waals surface area contributed by atoms with Gasteiger partial charge in [-0.05, 0) is 39.5 Å². The molecule has 0 radical (unpaired) electrons. The molecule has 3 heterocycles. The topological polar surface area (TPSA) is 207 Å². The van der Waals surface area contributed by atoms with Crippen LogP contribution in [0.15, 0.2) is 0 Å². The fourth-order valence-corrected chi connectivity index (χ4v) is 4.70. The van der Waals surface area contributed by atoms with Gasteiger partial charge in [0, 0.05) is 34.2 Å². The van der Waals surface area contributed by atoms with Gasteiger partial charge in [0.15, 0.2) is 0 Å². The highest BCUT2D eigenvalue weighted by Crippen LogP contribution is 2.25. The standard InChI is InChI=1S/C17H32N2O6.C6H13NO4.H2/c1-17(2,3)25-16(24)18-6-4-11(5-7-18)8-19-9-13(21)15(23)14(22)12(19)10-20;8-2-3-5(10)6(11)4(9)1-7-3;/h11-15,20-23H,4-10H2,1-3H3;3-11H,1-2H2;1H/t12-,13+,14-,15-;3-,4+,5-,6-;/m11./s1/i;;1+1. The van der Waals surface area contributed by atoms with Crippen molar-refractivity contribution < 1.29 is 51.8 Å². The quantitative estimate of drug-likeness (QED) is 0.176. The number of ether oxygens (including phenoxy) is 1. The van der Waals surface area contributed by atoms with E-state index < -0.39 is 54.3 Å². The van der Waals surface area contributed by atoms with Crippen molar-refractivity contribution in [3.8, 4) is 0 Å². The number of aliphatic hydroxyl groups is 8. The maximum Gasteiger partial charge on any atom is 0.410 e. The molecule has 3 aliphatic heterocycles. The van der Waals surface area contributed by atoms with E-state index in [0.29, 0.717) is 25.6 Å². The van der Waals surface area contributed by atoms with Crippen LogP contribution >= 0.6 is 0 Å². The fourth-order valence-electron chi connectivity index (χ4n) is 4.70. The number of piperidine rings is 3. The van der Waals surface area contributed by atoms with Crippen molar-refractivity contribution in [2.75, 3.05) is 45.9 Å². The van der Waals surface area contributed by atoms with Gasteiger partial charge in [-0.2, -0.15) is 0 Å². The molecule has 0 aliphatic carbocycles. The molecule has 214 valence electrons. The van der Waals surface area contributed by atoms with Crippen LogP contribution in [0.1, 0.15) is 35.0 Å². The summed E-state index contributed by atoms with van der Waals surface area (Å²) in [4.78, 5) is 15.6. The molecule has 3 fully saturated rings. The van der Waals surface area contributed by atoms with Crippen molar-refractivity contribution in [1.29, 1.82) is 0 Å². The first-order valence-electron chi connectivity index (χ1n) is 12.5. The second-order valence-corrected chi connectivity index (χ2v) is 10.9. The summed E-state index contributed by atoms with van der Waals surface area (Å²) in [5.74, 6) is 0.294. The van der Waals surface area contributed by atoms with Gasteiger partial charge in [0.05, 0.1) is 43.6 Å². The Morgan fingerprint density at radius 2 is 1.50 bits per heavy atom. The first-order chi connectivity index (χ1) is 16.8. The van der Waals surface area contributed by atoms with Crippen LogP contribution < -0.4 is 5.32 Å². The number of nitrogens with zero attached hydrogens (tertiary/aromatic N) is 2. The number of aliphatic hydroxyl groups excluding tert-OH is 8. The summed E-state index contributed by atoms with van der Waals surface area (Å²) in [5.41, 5.74) is -0.511. The zero-order valence-electron chi connectivity index (χ0n) is 21.3. The molecule has 0 spiro atoms. The smallest absolute Gasteiger partial charge is 0.410 e. The highest BCUT2D eigenvalue weighted by molar-refractivity contribution is 5.68. The van der Waals surface area contributed by atoms with E-state index in [1.165, 1.54) is 0 Å². The minimum Gasteiger partial charge on any atom is -0.444 e. The van der Waals surface area contributed by atoms with E-state index in [1.54, 1.807) is 4.90 Å². The van der Waals surface area contributed by atoms with E-state index in [-0.39, 0.29) is 33.8 Å². The monoisotopic (exact) mass is 526 g/mol. The lowest BCUT2D eigenvalue weighted by Crippen LogP contribution is -2.63. The lowest BCUT2D eigenvalue weighted by Gasteiger charge is -2.45. The number of likely N-dealkylation sites (tertiary alicyclic amines) is 2. The van der Waals surface area contributed by atoms with Crippen molar-refractivity contribution in [3.05, 3.63) is 0 Å². The third-order valence-electron chi connectivity index (χ3n) is 6.92. The van der Waals surface area contributed by atoms with Crippen molar-refractivity contribution in [1.82, 2.24) is 15.1 Å². The Balaban J connectivity index is 0.000000479. The van der Waals surface area contributed by atoms with Crippen LogP contribution in [0.2, 0.25) is 0 Å². The van der Waals surface area contributed by atoms with Crippen LogP contribution in [-0.2, 0) is 4.74 Å². The van der Waals surface area contributed by atoms with Gasteiger partial charge in [-0.3, -0.25) is 4.90 Å². The molecular formula is C23H47N3O10. The number of hydrogen-bond acceptors (Lipinski definition) is 12. The summed E-state index contributed by atoms with van der Waals surface area (Å²) in [6.45, 7) is 7.23. The second kappa shape index (κ2) is 13.6. The van der Waals surface area contributed by atoms with Gasteiger partial charge in [0.1, 0.15) is 23.9 Å². The van der Waals surface area contributed by atoms with Crippen molar-refractivity contribution in [2.24, 2.45) is 5.92 Å². The molecular weight excluding hydrogens is 478 g/mol. The van der Waals surface area contributed by atoms with Crippen LogP contribution in [0.5, 0.6) is 0 Å². The normalized spacial score (nSPS) is 36.7. The predicted molar refractivity (Wildman–Crippen MR) is 130 cm³/mol. The number of nitrogens with one attached hydrogen (secondary N) is 1. The van der Waals surface area contributed by atoms with Crippen LogP contribution in [0.3, 0.4) is 0 Å². The third-order valence-corrected chi connectivity index (χ3v) is 6.92. The zero-order valence-corrected chi connectivity index (χ0v) is 21.3. The average molecular weight is 527 g/mol. The first-order valence-corrected chi connectivity index (χ1v) is 12.5. The largest absolute Gasteiger partial charge is 0.444 e. The third kappa shape index (κ3) is 8.45. The van der Waals surface area contributed by atoms with Gasteiger partial charge in [0.25, 0.3) is 0 Å². The molecule has 0 aromatic rings. The van der Waals surface area contributed by atoms with Gasteiger partial charge in [-0.1, -0.05) is 0 Å². The number of amides is 1. The molecule has 8 atom stereocenters. The Labute approximate surface area is 213 Å². The fraction of sp³-hybridized carbons (Fsp3) is 0.957. The molecule has 0 aromatic carbocycles. The first kappa shape index (κ1) is 31.1. The highest BCUT2D eigenvalue weighted by atomic mass is 16.6. The Morgan fingerprint density at radius 3 is 2.03 bits per heavy atom. The molecule has 3 rings (SSSR count). The summed E-state index contributed by atoms with van der Waals surface area (Å²) in [7, 11) is 0. The van der Waals surface area contributed by atoms with Gasteiger partial charge in [-0.25, -0.2) is 4.79 Å². The zero-order chi connectivity index (χ0) is 27.2. The van der Waals surface area contributed by atoms with Gasteiger partial charge < -0.3 is 55.8 Å². The van der Waals surface area contributed by atoms with E-state index in [2.05, 4.69) is 5.32 Å².